The minimum Gasteiger partial charge on any atom is -1.00 e. The van der Waals surface area contributed by atoms with Crippen LogP contribution in [0.5, 0.6) is 0 Å². The fourth-order valence-electron chi connectivity index (χ4n) is 4.78. The quantitative estimate of drug-likeness (QED) is 0.136. The first-order valence-electron chi connectivity index (χ1n) is 15.3. The van der Waals surface area contributed by atoms with Crippen LogP contribution in [0, 0.1) is 0 Å². The molecule has 52 heavy (non-hydrogen) atoms. The Hall–Kier alpha value is -5.98. The standard InChI is InChI=1S/C20H14N2O.C13H10O.C7H8N2O.Na.O3S.H/c23-20-17-8-4-5-9-18(17)21-19(22-20)16-12-10-15(11-13-16)14-6-2-1-3-7-14;14-10-11-6-8-13(9-7-11)12-4-2-1-3-5-12;8-6-4-2-1-3-5(6)7(9)10;;1-4(2)3;/h1-13H,(H,21,22,23);1-10H;1-4H,8H2,(H2,9,10);;;/q;;;+1;;-1. The number of nitrogen functional groups attached to an aromatic ring is 1. The second kappa shape index (κ2) is 20.6. The van der Waals surface area contributed by atoms with Crippen LogP contribution in [0.1, 0.15) is 22.1 Å². The molecular formula is C40H33N4NaO6S. The van der Waals surface area contributed by atoms with E-state index in [1.54, 1.807) is 30.3 Å². The van der Waals surface area contributed by atoms with Gasteiger partial charge in [-0.05, 0) is 46.5 Å². The predicted octanol–water partition coefficient (Wildman–Crippen LogP) is 3.90. The maximum atomic E-state index is 12.2. The first kappa shape index (κ1) is 40.4. The van der Waals surface area contributed by atoms with Crippen LogP contribution in [-0.4, -0.2) is 34.8 Å². The minimum absolute atomic E-state index is 0. The zero-order valence-electron chi connectivity index (χ0n) is 29.0. The van der Waals surface area contributed by atoms with Crippen molar-refractivity contribution in [3.05, 3.63) is 179 Å². The van der Waals surface area contributed by atoms with Crippen molar-refractivity contribution in [3.63, 3.8) is 0 Å². The van der Waals surface area contributed by atoms with Gasteiger partial charge in [-0.15, -0.1) is 12.6 Å². The number of hydrogen-bond acceptors (Lipinski definition) is 8. The van der Waals surface area contributed by atoms with E-state index in [4.69, 9.17) is 24.1 Å². The summed E-state index contributed by atoms with van der Waals surface area (Å²) in [6.07, 6.45) is 0.856. The molecule has 12 heteroatoms. The number of primary amides is 1. The molecule has 0 saturated heterocycles. The van der Waals surface area contributed by atoms with Gasteiger partial charge in [0.2, 0.25) is 0 Å². The molecule has 1 amide bonds. The molecule has 1 heterocycles. The van der Waals surface area contributed by atoms with Crippen LogP contribution in [0.2, 0.25) is 0 Å². The Morgan fingerprint density at radius 3 is 1.52 bits per heavy atom. The van der Waals surface area contributed by atoms with Gasteiger partial charge in [0.1, 0.15) is 12.1 Å². The average molecular weight is 721 g/mol. The summed E-state index contributed by atoms with van der Waals surface area (Å²) in [5.41, 5.74) is 18.0. The van der Waals surface area contributed by atoms with Crippen molar-refractivity contribution in [2.24, 2.45) is 5.73 Å². The van der Waals surface area contributed by atoms with Gasteiger partial charge in [0.15, 0.2) is 0 Å². The Morgan fingerprint density at radius 1 is 0.615 bits per heavy atom. The molecule has 256 valence electrons. The molecule has 7 aromatic rings. The Balaban J connectivity index is 0.000000278. The minimum atomic E-state index is -3.11. The van der Waals surface area contributed by atoms with Gasteiger partial charge in [0.05, 0.1) is 16.5 Å². The maximum absolute atomic E-state index is 12.2. The zero-order chi connectivity index (χ0) is 36.6. The number of aromatic amines is 1. The van der Waals surface area contributed by atoms with E-state index >= 15 is 0 Å². The largest absolute Gasteiger partial charge is 1.00 e. The molecule has 0 unspecified atom stereocenters. The van der Waals surface area contributed by atoms with E-state index in [-0.39, 0.29) is 36.5 Å². The van der Waals surface area contributed by atoms with Gasteiger partial charge < -0.3 is 17.9 Å². The van der Waals surface area contributed by atoms with Gasteiger partial charge in [0.25, 0.3) is 11.5 Å². The number of amides is 1. The topological polar surface area (TPSA) is 183 Å². The van der Waals surface area contributed by atoms with E-state index in [1.165, 1.54) is 11.1 Å². The summed E-state index contributed by atoms with van der Waals surface area (Å²) in [6.45, 7) is 0. The van der Waals surface area contributed by atoms with Crippen molar-refractivity contribution in [3.8, 4) is 33.6 Å². The Morgan fingerprint density at radius 2 is 1.04 bits per heavy atom. The second-order valence-corrected chi connectivity index (χ2v) is 11.0. The number of nitrogens with zero attached hydrogens (tertiary/aromatic N) is 1. The van der Waals surface area contributed by atoms with Crippen molar-refractivity contribution in [2.75, 3.05) is 5.73 Å². The summed E-state index contributed by atoms with van der Waals surface area (Å²) in [7, 11) is -3.11. The molecule has 0 spiro atoms. The third-order valence-electron chi connectivity index (χ3n) is 7.26. The number of nitrogens with one attached hydrogen (secondary N) is 1. The first-order chi connectivity index (χ1) is 24.7. The smallest absolute Gasteiger partial charge is 1.00 e. The number of benzene rings is 6. The summed E-state index contributed by atoms with van der Waals surface area (Å²) in [4.78, 5) is 40.6. The summed E-state index contributed by atoms with van der Waals surface area (Å²) in [5, 5.41) is 0.608. The van der Waals surface area contributed by atoms with Gasteiger partial charge in [-0.25, -0.2) is 4.98 Å². The number of rotatable bonds is 5. The Labute approximate surface area is 325 Å². The van der Waals surface area contributed by atoms with Gasteiger partial charge in [-0.3, -0.25) is 14.4 Å². The van der Waals surface area contributed by atoms with Crippen molar-refractivity contribution < 1.29 is 53.2 Å². The van der Waals surface area contributed by atoms with E-state index in [0.717, 1.165) is 23.0 Å². The van der Waals surface area contributed by atoms with E-state index in [2.05, 4.69) is 34.2 Å². The molecule has 0 bridgehead atoms. The third kappa shape index (κ3) is 12.1. The molecular weight excluding hydrogens is 688 g/mol. The van der Waals surface area contributed by atoms with E-state index in [1.807, 2.05) is 103 Å². The monoisotopic (exact) mass is 720 g/mol. The fraction of sp³-hybridized carbons (Fsp3) is 0. The van der Waals surface area contributed by atoms with E-state index < -0.39 is 16.5 Å². The number of H-pyrrole nitrogens is 1. The van der Waals surface area contributed by atoms with Crippen LogP contribution < -0.4 is 46.6 Å². The fourth-order valence-corrected chi connectivity index (χ4v) is 4.78. The van der Waals surface area contributed by atoms with Crippen LogP contribution in [-0.2, 0) is 10.6 Å². The number of para-hydroxylation sites is 2. The number of carbonyl (C=O) groups is 2. The number of fused-ring (bicyclic) bond motifs is 1. The molecule has 0 radical (unpaired) electrons. The molecule has 0 aliphatic rings. The second-order valence-electron chi connectivity index (χ2n) is 10.6. The average Bonchev–Trinajstić information content (AvgIpc) is 3.16. The molecule has 5 N–H and O–H groups in total. The normalized spacial score (nSPS) is 9.62. The number of nitrogens with two attached hydrogens (primary N) is 2. The van der Waals surface area contributed by atoms with Crippen LogP contribution in [0.4, 0.5) is 5.69 Å². The SMILES string of the molecule is NC(=O)c1ccccc1N.O=Cc1ccc(-c2ccccc2)cc1.O=S(=O)=O.O=c1[nH]c(-c2ccc(-c3ccccc3)cc2)nc2ccccc12.[H-].[Na+]. The number of anilines is 1. The van der Waals surface area contributed by atoms with Crippen LogP contribution in [0.15, 0.2) is 163 Å². The molecule has 6 aromatic carbocycles. The third-order valence-corrected chi connectivity index (χ3v) is 7.26. The molecule has 10 nitrogen and oxygen atoms in total. The summed E-state index contributed by atoms with van der Waals surface area (Å²) in [6, 6.07) is 50.0. The van der Waals surface area contributed by atoms with Gasteiger partial charge in [0, 0.05) is 16.8 Å². The van der Waals surface area contributed by atoms with Crippen LogP contribution >= 0.6 is 0 Å². The van der Waals surface area contributed by atoms with Crippen LogP contribution in [0.25, 0.3) is 44.5 Å². The molecule has 0 fully saturated rings. The Bertz CT molecular complexity index is 2390. The summed E-state index contributed by atoms with van der Waals surface area (Å²) in [5.74, 6) is 0.103. The summed E-state index contributed by atoms with van der Waals surface area (Å²) >= 11 is 0. The zero-order valence-corrected chi connectivity index (χ0v) is 30.9. The molecule has 0 aliphatic carbocycles. The molecule has 0 saturated carbocycles. The molecule has 0 aliphatic heterocycles. The molecule has 0 atom stereocenters. The number of carbonyl (C=O) groups excluding carboxylic acids is 2. The number of aldehydes is 1. The van der Waals surface area contributed by atoms with E-state index in [9.17, 15) is 14.4 Å². The van der Waals surface area contributed by atoms with Crippen molar-refractivity contribution >= 4 is 39.4 Å². The van der Waals surface area contributed by atoms with Crippen molar-refractivity contribution in [1.29, 1.82) is 0 Å². The van der Waals surface area contributed by atoms with Crippen molar-refractivity contribution in [2.45, 2.75) is 0 Å². The maximum Gasteiger partial charge on any atom is 1.00 e. The van der Waals surface area contributed by atoms with Gasteiger partial charge >= 0.3 is 40.2 Å². The van der Waals surface area contributed by atoms with Crippen LogP contribution in [0.3, 0.4) is 0 Å². The van der Waals surface area contributed by atoms with Crippen molar-refractivity contribution in [1.82, 2.24) is 9.97 Å². The predicted molar refractivity (Wildman–Crippen MR) is 201 cm³/mol. The number of aromatic nitrogens is 2. The van der Waals surface area contributed by atoms with Gasteiger partial charge in [-0.1, -0.05) is 133 Å². The Kier molecular flexibility index (Phi) is 16.1. The number of hydrogen-bond donors (Lipinski definition) is 3. The molecule has 1 aromatic heterocycles. The summed E-state index contributed by atoms with van der Waals surface area (Å²) < 4.78 is 25.3. The van der Waals surface area contributed by atoms with Gasteiger partial charge in [-0.2, -0.15) is 0 Å². The van der Waals surface area contributed by atoms with E-state index in [0.29, 0.717) is 33.5 Å². The first-order valence-corrected chi connectivity index (χ1v) is 16.3. The molecule has 7 rings (SSSR count).